The summed E-state index contributed by atoms with van der Waals surface area (Å²) in [6.45, 7) is 3.98. The number of aromatic amines is 1. The first kappa shape index (κ1) is 18.8. The van der Waals surface area contributed by atoms with E-state index in [0.29, 0.717) is 43.7 Å². The van der Waals surface area contributed by atoms with Gasteiger partial charge in [0, 0.05) is 48.8 Å². The summed E-state index contributed by atoms with van der Waals surface area (Å²) in [6.07, 6.45) is 2.28. The van der Waals surface area contributed by atoms with Crippen LogP contribution in [0.3, 0.4) is 0 Å². The van der Waals surface area contributed by atoms with Gasteiger partial charge in [-0.2, -0.15) is 5.26 Å². The fourth-order valence-corrected chi connectivity index (χ4v) is 3.86. The molecule has 0 unspecified atom stereocenters. The van der Waals surface area contributed by atoms with Gasteiger partial charge in [0.05, 0.1) is 17.7 Å². The Bertz CT molecular complexity index is 1120. The van der Waals surface area contributed by atoms with Crippen LogP contribution in [-0.4, -0.2) is 47.8 Å². The van der Waals surface area contributed by atoms with Crippen molar-refractivity contribution < 1.29 is 9.59 Å². The lowest BCUT2D eigenvalue weighted by atomic mass is 10.1. The fraction of sp³-hybridized carbons (Fsp3) is 0.261. The lowest BCUT2D eigenvalue weighted by molar-refractivity contribution is -0.130. The first-order chi connectivity index (χ1) is 14.1. The van der Waals surface area contributed by atoms with Gasteiger partial charge in [-0.15, -0.1) is 0 Å². The number of para-hydroxylation sites is 1. The molecule has 29 heavy (non-hydrogen) atoms. The van der Waals surface area contributed by atoms with Gasteiger partial charge in [0.15, 0.2) is 5.78 Å². The Morgan fingerprint density at radius 2 is 1.86 bits per heavy atom. The maximum Gasteiger partial charge on any atom is 0.227 e. The van der Waals surface area contributed by atoms with Crippen LogP contribution in [-0.2, 0) is 11.2 Å². The number of nitriles is 1. The number of hydrogen-bond donors (Lipinski definition) is 1. The number of nitrogens with zero attached hydrogens (tertiary/aromatic N) is 3. The van der Waals surface area contributed by atoms with E-state index in [4.69, 9.17) is 0 Å². The Balaban J connectivity index is 1.44. The first-order valence-electron chi connectivity index (χ1n) is 9.69. The molecular formula is C23H22N4O2. The van der Waals surface area contributed by atoms with Gasteiger partial charge in [-0.3, -0.25) is 9.59 Å². The van der Waals surface area contributed by atoms with Gasteiger partial charge in [-0.05, 0) is 36.8 Å². The van der Waals surface area contributed by atoms with E-state index in [1.54, 1.807) is 18.2 Å². The predicted octanol–water partition coefficient (Wildman–Crippen LogP) is 3.13. The SMILES string of the molecule is CC(=O)c1ccc(C#N)c(N2CCN(C(=O)Cc3c[nH]c4ccccc34)CC2)c1. The number of carbonyl (C=O) groups is 2. The van der Waals surface area contributed by atoms with E-state index >= 15 is 0 Å². The Labute approximate surface area is 169 Å². The van der Waals surface area contributed by atoms with Crippen molar-refractivity contribution in [2.24, 2.45) is 0 Å². The minimum atomic E-state index is -0.0247. The third-order valence-corrected chi connectivity index (χ3v) is 5.51. The molecule has 1 aliphatic heterocycles. The maximum absolute atomic E-state index is 12.8. The molecule has 3 aromatic rings. The van der Waals surface area contributed by atoms with Crippen LogP contribution < -0.4 is 4.90 Å². The van der Waals surface area contributed by atoms with Crippen molar-refractivity contribution in [1.82, 2.24) is 9.88 Å². The normalized spacial score (nSPS) is 14.1. The van der Waals surface area contributed by atoms with Crippen LogP contribution in [0.15, 0.2) is 48.7 Å². The molecule has 1 amide bonds. The number of H-pyrrole nitrogens is 1. The summed E-state index contributed by atoms with van der Waals surface area (Å²) < 4.78 is 0. The Morgan fingerprint density at radius 3 is 2.59 bits per heavy atom. The highest BCUT2D eigenvalue weighted by molar-refractivity contribution is 5.95. The number of ketones is 1. The van der Waals surface area contributed by atoms with E-state index in [-0.39, 0.29) is 11.7 Å². The highest BCUT2D eigenvalue weighted by atomic mass is 16.2. The summed E-state index contributed by atoms with van der Waals surface area (Å²) in [4.78, 5) is 31.7. The third-order valence-electron chi connectivity index (χ3n) is 5.51. The zero-order valence-corrected chi connectivity index (χ0v) is 16.3. The van der Waals surface area contributed by atoms with Gasteiger partial charge < -0.3 is 14.8 Å². The lowest BCUT2D eigenvalue weighted by Gasteiger charge is -2.36. The molecule has 0 radical (unpaired) electrons. The van der Waals surface area contributed by atoms with Crippen molar-refractivity contribution in [1.29, 1.82) is 5.26 Å². The van der Waals surface area contributed by atoms with Gasteiger partial charge in [0.2, 0.25) is 5.91 Å². The molecule has 6 nitrogen and oxygen atoms in total. The quantitative estimate of drug-likeness (QED) is 0.699. The highest BCUT2D eigenvalue weighted by Gasteiger charge is 2.24. The maximum atomic E-state index is 12.8. The Kier molecular flexibility index (Phi) is 5.05. The molecule has 0 spiro atoms. The van der Waals surface area contributed by atoms with Crippen molar-refractivity contribution in [3.8, 4) is 6.07 Å². The number of piperazine rings is 1. The molecule has 4 rings (SSSR count). The average Bonchev–Trinajstić information content (AvgIpc) is 3.16. The molecule has 0 atom stereocenters. The molecule has 0 aliphatic carbocycles. The van der Waals surface area contributed by atoms with Crippen molar-refractivity contribution in [2.45, 2.75) is 13.3 Å². The van der Waals surface area contributed by atoms with E-state index in [2.05, 4.69) is 16.0 Å². The van der Waals surface area contributed by atoms with Crippen LogP contribution in [0.2, 0.25) is 0 Å². The van der Waals surface area contributed by atoms with Crippen molar-refractivity contribution >= 4 is 28.3 Å². The van der Waals surface area contributed by atoms with Gasteiger partial charge in [-0.1, -0.05) is 18.2 Å². The summed E-state index contributed by atoms with van der Waals surface area (Å²) in [5.41, 5.74) is 3.96. The summed E-state index contributed by atoms with van der Waals surface area (Å²) in [6, 6.07) is 15.3. The fourth-order valence-electron chi connectivity index (χ4n) is 3.86. The molecule has 1 aromatic heterocycles. The minimum Gasteiger partial charge on any atom is -0.367 e. The number of hydrogen-bond acceptors (Lipinski definition) is 4. The molecule has 146 valence electrons. The number of rotatable bonds is 4. The molecular weight excluding hydrogens is 364 g/mol. The number of nitrogens with one attached hydrogen (secondary N) is 1. The minimum absolute atomic E-state index is 0.0247. The van der Waals surface area contributed by atoms with Crippen LogP contribution in [0, 0.1) is 11.3 Å². The zero-order valence-electron chi connectivity index (χ0n) is 16.3. The standard InChI is InChI=1S/C23H22N4O2/c1-16(28)17-6-7-18(14-24)22(12-17)26-8-10-27(11-9-26)23(29)13-19-15-25-21-5-3-2-4-20(19)21/h2-7,12,15,25H,8-11,13H2,1H3. The number of anilines is 1. The average molecular weight is 386 g/mol. The second-order valence-corrected chi connectivity index (χ2v) is 7.30. The molecule has 6 heteroatoms. The smallest absolute Gasteiger partial charge is 0.227 e. The monoisotopic (exact) mass is 386 g/mol. The van der Waals surface area contributed by atoms with Crippen LogP contribution in [0.5, 0.6) is 0 Å². The first-order valence-corrected chi connectivity index (χ1v) is 9.69. The largest absolute Gasteiger partial charge is 0.367 e. The second-order valence-electron chi connectivity index (χ2n) is 7.30. The molecule has 1 aliphatic rings. The number of carbonyl (C=O) groups excluding carboxylic acids is 2. The van der Waals surface area contributed by atoms with Crippen LogP contribution in [0.25, 0.3) is 10.9 Å². The van der Waals surface area contributed by atoms with E-state index in [1.165, 1.54) is 6.92 Å². The van der Waals surface area contributed by atoms with Crippen LogP contribution in [0.4, 0.5) is 5.69 Å². The Morgan fingerprint density at radius 1 is 1.10 bits per heavy atom. The number of Topliss-reactive ketones (excluding diaryl/α,β-unsaturated/α-hetero) is 1. The summed E-state index contributed by atoms with van der Waals surface area (Å²) in [7, 11) is 0. The number of aromatic nitrogens is 1. The molecule has 0 bridgehead atoms. The van der Waals surface area contributed by atoms with Crippen molar-refractivity contribution in [3.05, 3.63) is 65.4 Å². The van der Waals surface area contributed by atoms with Crippen molar-refractivity contribution in [2.75, 3.05) is 31.1 Å². The topological polar surface area (TPSA) is 80.2 Å². The predicted molar refractivity (Wildman–Crippen MR) is 112 cm³/mol. The second kappa shape index (κ2) is 7.80. The molecule has 1 fully saturated rings. The third kappa shape index (κ3) is 3.72. The van der Waals surface area contributed by atoms with Gasteiger partial charge in [-0.25, -0.2) is 0 Å². The summed E-state index contributed by atoms with van der Waals surface area (Å²) >= 11 is 0. The number of benzene rings is 2. The molecule has 1 saturated heterocycles. The number of fused-ring (bicyclic) bond motifs is 1. The van der Waals surface area contributed by atoms with E-state index in [1.807, 2.05) is 35.4 Å². The van der Waals surface area contributed by atoms with Crippen molar-refractivity contribution in [3.63, 3.8) is 0 Å². The van der Waals surface area contributed by atoms with Gasteiger partial charge in [0.25, 0.3) is 0 Å². The molecule has 2 heterocycles. The Hall–Kier alpha value is -3.59. The lowest BCUT2D eigenvalue weighted by Crippen LogP contribution is -2.49. The number of amides is 1. The molecule has 1 N–H and O–H groups in total. The highest BCUT2D eigenvalue weighted by Crippen LogP contribution is 2.24. The summed E-state index contributed by atoms with van der Waals surface area (Å²) in [5, 5.41) is 10.5. The van der Waals surface area contributed by atoms with E-state index in [9.17, 15) is 14.9 Å². The van der Waals surface area contributed by atoms with Crippen LogP contribution >= 0.6 is 0 Å². The zero-order chi connectivity index (χ0) is 20.4. The molecule has 2 aromatic carbocycles. The van der Waals surface area contributed by atoms with Gasteiger partial charge >= 0.3 is 0 Å². The van der Waals surface area contributed by atoms with E-state index < -0.39 is 0 Å². The molecule has 0 saturated carbocycles. The van der Waals surface area contributed by atoms with Gasteiger partial charge in [0.1, 0.15) is 6.07 Å². The summed E-state index contributed by atoms with van der Waals surface area (Å²) in [5.74, 6) is 0.0793. The van der Waals surface area contributed by atoms with E-state index in [0.717, 1.165) is 22.2 Å². The van der Waals surface area contributed by atoms with Crippen LogP contribution in [0.1, 0.15) is 28.4 Å².